The molecule has 7 nitrogen and oxygen atoms in total. The summed E-state index contributed by atoms with van der Waals surface area (Å²) in [5, 5.41) is 1.92. The van der Waals surface area contributed by atoms with Crippen molar-refractivity contribution >= 4 is 35.4 Å². The van der Waals surface area contributed by atoms with Gasteiger partial charge in [-0.2, -0.15) is 0 Å². The highest BCUT2D eigenvalue weighted by molar-refractivity contribution is 7.73. The van der Waals surface area contributed by atoms with Crippen molar-refractivity contribution in [3.63, 3.8) is 0 Å². The van der Waals surface area contributed by atoms with Crippen LogP contribution in [0.5, 0.6) is 11.5 Å². The molecule has 0 spiro atoms. The van der Waals surface area contributed by atoms with Crippen LogP contribution in [0.3, 0.4) is 0 Å². The second-order valence-corrected chi connectivity index (χ2v) is 8.24. The number of hydrogen-bond donors (Lipinski definition) is 2. The van der Waals surface area contributed by atoms with E-state index in [4.69, 9.17) is 21.7 Å². The highest BCUT2D eigenvalue weighted by Gasteiger charge is 2.27. The molecule has 3 aromatic rings. The van der Waals surface area contributed by atoms with Gasteiger partial charge in [-0.1, -0.05) is 42.0 Å². The molecule has 0 saturated heterocycles. The van der Waals surface area contributed by atoms with Gasteiger partial charge in [0.1, 0.15) is 13.2 Å². The Hall–Kier alpha value is -3.17. The lowest BCUT2D eigenvalue weighted by Crippen LogP contribution is -2.51. The van der Waals surface area contributed by atoms with E-state index >= 15 is 0 Å². The van der Waals surface area contributed by atoms with Crippen LogP contribution in [0.1, 0.15) is 5.56 Å². The first-order valence-corrected chi connectivity index (χ1v) is 10.5. The summed E-state index contributed by atoms with van der Waals surface area (Å²) < 4.78 is 13.5. The van der Waals surface area contributed by atoms with E-state index in [9.17, 15) is 9.59 Å². The lowest BCUT2D eigenvalue weighted by atomic mass is 10.1. The molecule has 2 N–H and O–H groups in total. The van der Waals surface area contributed by atoms with E-state index in [1.807, 2.05) is 42.6 Å². The van der Waals surface area contributed by atoms with E-state index in [0.717, 1.165) is 16.8 Å². The van der Waals surface area contributed by atoms with Crippen molar-refractivity contribution in [1.82, 2.24) is 15.4 Å². The van der Waals surface area contributed by atoms with Crippen LogP contribution in [0.4, 0.5) is 0 Å². The van der Waals surface area contributed by atoms with Crippen LogP contribution < -0.4 is 20.3 Å². The van der Waals surface area contributed by atoms with Gasteiger partial charge in [0, 0.05) is 5.38 Å². The number of ether oxygens (including phenoxy) is 2. The summed E-state index contributed by atoms with van der Waals surface area (Å²) in [7, 11) is 0. The molecule has 1 aliphatic heterocycles. The van der Waals surface area contributed by atoms with E-state index in [1.54, 1.807) is 22.8 Å². The average molecular weight is 442 g/mol. The van der Waals surface area contributed by atoms with Crippen LogP contribution >= 0.6 is 23.6 Å². The van der Waals surface area contributed by atoms with Crippen molar-refractivity contribution in [3.05, 3.63) is 63.4 Å². The summed E-state index contributed by atoms with van der Waals surface area (Å²) in [5.41, 5.74) is 7.79. The van der Waals surface area contributed by atoms with Crippen molar-refractivity contribution in [2.24, 2.45) is 0 Å². The predicted octanol–water partition coefficient (Wildman–Crippen LogP) is 3.24. The summed E-state index contributed by atoms with van der Waals surface area (Å²) in [4.78, 5) is 24.8. The highest BCUT2D eigenvalue weighted by Crippen LogP contribution is 2.30. The van der Waals surface area contributed by atoms with E-state index in [-0.39, 0.29) is 13.2 Å². The third-order valence-corrected chi connectivity index (χ3v) is 5.83. The number of fused-ring (bicyclic) bond motifs is 1. The largest absolute Gasteiger partial charge is 0.485 e. The molecule has 0 radical (unpaired) electrons. The number of aryl methyl sites for hydroxylation is 1. The molecule has 2 aromatic carbocycles. The molecule has 1 atom stereocenters. The zero-order valence-electron chi connectivity index (χ0n) is 16.1. The van der Waals surface area contributed by atoms with Crippen molar-refractivity contribution in [1.29, 1.82) is 0 Å². The summed E-state index contributed by atoms with van der Waals surface area (Å²) in [6.07, 6.45) is -0.855. The van der Waals surface area contributed by atoms with Gasteiger partial charge in [-0.15, -0.1) is 11.3 Å². The Morgan fingerprint density at radius 1 is 1.13 bits per heavy atom. The third kappa shape index (κ3) is 4.37. The average Bonchev–Trinajstić information content (AvgIpc) is 3.12. The Bertz CT molecular complexity index is 1140. The molecule has 2 amide bonds. The number of carbonyl (C=O) groups excluding carboxylic acids is 2. The van der Waals surface area contributed by atoms with Crippen molar-refractivity contribution < 1.29 is 19.1 Å². The molecule has 0 fully saturated rings. The Kier molecular flexibility index (Phi) is 5.82. The Balaban J connectivity index is 1.37. The van der Waals surface area contributed by atoms with E-state index < -0.39 is 17.9 Å². The monoisotopic (exact) mass is 441 g/mol. The lowest BCUT2D eigenvalue weighted by molar-refractivity contribution is -0.135. The fraction of sp³-hybridized carbons (Fsp3) is 0.190. The molecule has 154 valence electrons. The second kappa shape index (κ2) is 8.68. The van der Waals surface area contributed by atoms with Crippen molar-refractivity contribution in [2.45, 2.75) is 19.6 Å². The van der Waals surface area contributed by atoms with Crippen LogP contribution in [0.25, 0.3) is 11.3 Å². The van der Waals surface area contributed by atoms with Crippen molar-refractivity contribution in [3.8, 4) is 22.8 Å². The maximum absolute atomic E-state index is 12.4. The molecular weight excluding hydrogens is 422 g/mol. The van der Waals surface area contributed by atoms with Crippen molar-refractivity contribution in [2.75, 3.05) is 6.61 Å². The smallest absolute Gasteiger partial charge is 0.283 e. The number of hydrazine groups is 1. The summed E-state index contributed by atoms with van der Waals surface area (Å²) in [6, 6.07) is 15.1. The maximum Gasteiger partial charge on any atom is 0.283 e. The minimum absolute atomic E-state index is 0.0172. The van der Waals surface area contributed by atoms with Crippen LogP contribution in [0.15, 0.2) is 53.9 Å². The van der Waals surface area contributed by atoms with Gasteiger partial charge < -0.3 is 14.0 Å². The normalized spacial score (nSPS) is 14.8. The quantitative estimate of drug-likeness (QED) is 0.480. The number of benzene rings is 2. The molecule has 0 aliphatic carbocycles. The standard InChI is InChI=1S/C21H19N3O4S2/c1-13-6-8-14(9-7-13)15-12-30-21(29)24(15)10-19(25)22-23-20(26)18-11-27-16-4-2-3-5-17(16)28-18/h2-9,12,18H,10-11H2,1H3,(H,22,25)(H,23,26). The van der Waals surface area contributed by atoms with E-state index in [2.05, 4.69) is 10.9 Å². The molecule has 9 heteroatoms. The molecule has 0 saturated carbocycles. The van der Waals surface area contributed by atoms with Crippen LogP contribution in [-0.2, 0) is 16.1 Å². The molecule has 1 aromatic heterocycles. The van der Waals surface area contributed by atoms with E-state index in [0.29, 0.717) is 15.5 Å². The zero-order chi connectivity index (χ0) is 21.1. The molecule has 2 heterocycles. The first-order chi connectivity index (χ1) is 14.5. The summed E-state index contributed by atoms with van der Waals surface area (Å²) >= 11 is 6.76. The highest BCUT2D eigenvalue weighted by atomic mass is 32.1. The van der Waals surface area contributed by atoms with E-state index in [1.165, 1.54) is 11.3 Å². The van der Waals surface area contributed by atoms with Gasteiger partial charge in [0.2, 0.25) is 6.10 Å². The Labute approximate surface area is 182 Å². The van der Waals surface area contributed by atoms with Crippen LogP contribution in [0, 0.1) is 10.9 Å². The molecule has 30 heavy (non-hydrogen) atoms. The molecule has 1 unspecified atom stereocenters. The van der Waals surface area contributed by atoms with Gasteiger partial charge in [-0.3, -0.25) is 20.4 Å². The Morgan fingerprint density at radius 2 is 1.87 bits per heavy atom. The molecule has 0 bridgehead atoms. The number of para-hydroxylation sites is 2. The van der Waals surface area contributed by atoms with Gasteiger partial charge in [-0.25, -0.2) is 0 Å². The van der Waals surface area contributed by atoms with Gasteiger partial charge in [0.25, 0.3) is 11.8 Å². The Morgan fingerprint density at radius 3 is 2.63 bits per heavy atom. The number of carbonyl (C=O) groups is 2. The second-order valence-electron chi connectivity index (χ2n) is 6.74. The number of rotatable bonds is 4. The topological polar surface area (TPSA) is 81.6 Å². The summed E-state index contributed by atoms with van der Waals surface area (Å²) in [6.45, 7) is 2.06. The maximum atomic E-state index is 12.4. The van der Waals surface area contributed by atoms with Gasteiger partial charge in [0.15, 0.2) is 15.5 Å². The molecule has 1 aliphatic rings. The lowest BCUT2D eigenvalue weighted by Gasteiger charge is -2.25. The minimum Gasteiger partial charge on any atom is -0.485 e. The van der Waals surface area contributed by atoms with Gasteiger partial charge in [-0.05, 0) is 36.8 Å². The number of hydrogen-bond acceptors (Lipinski definition) is 6. The third-order valence-electron chi connectivity index (χ3n) is 4.56. The fourth-order valence-corrected chi connectivity index (χ4v) is 4.05. The summed E-state index contributed by atoms with van der Waals surface area (Å²) in [5.74, 6) is 0.178. The fourth-order valence-electron chi connectivity index (χ4n) is 2.97. The SMILES string of the molecule is Cc1ccc(-c2csc(=S)n2CC(=O)NNC(=O)C2COc3ccccc3O2)cc1. The first kappa shape index (κ1) is 20.1. The number of thiazole rings is 1. The number of aromatic nitrogens is 1. The first-order valence-electron chi connectivity index (χ1n) is 9.24. The molecular formula is C21H19N3O4S2. The number of nitrogens with zero attached hydrogens (tertiary/aromatic N) is 1. The van der Waals surface area contributed by atoms with Gasteiger partial charge >= 0.3 is 0 Å². The zero-order valence-corrected chi connectivity index (χ0v) is 17.7. The predicted molar refractivity (Wildman–Crippen MR) is 116 cm³/mol. The molecule has 4 rings (SSSR count). The number of nitrogens with one attached hydrogen (secondary N) is 2. The van der Waals surface area contributed by atoms with Gasteiger partial charge in [0.05, 0.1) is 5.69 Å². The van der Waals surface area contributed by atoms with Crippen LogP contribution in [-0.4, -0.2) is 29.1 Å². The number of amides is 2. The van der Waals surface area contributed by atoms with Crippen LogP contribution in [0.2, 0.25) is 0 Å². The minimum atomic E-state index is -0.855.